The third-order valence-corrected chi connectivity index (χ3v) is 7.64. The van der Waals surface area contributed by atoms with Gasteiger partial charge in [-0.3, -0.25) is 4.79 Å². The van der Waals surface area contributed by atoms with Crippen molar-refractivity contribution < 1.29 is 41.5 Å². The van der Waals surface area contributed by atoms with E-state index in [4.69, 9.17) is 35.1 Å². The van der Waals surface area contributed by atoms with Gasteiger partial charge >= 0.3 is 0 Å². The van der Waals surface area contributed by atoms with Crippen molar-refractivity contribution >= 4 is 50.7 Å². The maximum Gasteiger partial charge on any atom is 0.267 e. The Hall–Kier alpha value is -3.29. The van der Waals surface area contributed by atoms with Gasteiger partial charge in [-0.1, -0.05) is 16.8 Å². The van der Waals surface area contributed by atoms with E-state index in [1.807, 2.05) is 0 Å². The number of aryl methyl sites for hydroxylation is 1. The molecule has 1 atom stereocenters. The largest absolute Gasteiger partial charge is 0.494 e. The number of sulfonamides is 1. The first-order valence-corrected chi connectivity index (χ1v) is 12.3. The van der Waals surface area contributed by atoms with Gasteiger partial charge in [-0.15, -0.1) is 11.3 Å². The molecule has 1 unspecified atom stereocenters. The maximum absolute atomic E-state index is 13.2. The molecule has 2 heterocycles. The summed E-state index contributed by atoms with van der Waals surface area (Å²) in [6, 6.07) is 1.23. The topological polar surface area (TPSA) is 155 Å². The summed E-state index contributed by atoms with van der Waals surface area (Å²) in [7, 11) is 0.941. The Bertz CT molecular complexity index is 1370. The average Bonchev–Trinajstić information content (AvgIpc) is 3.46. The summed E-state index contributed by atoms with van der Waals surface area (Å²) in [5.41, 5.74) is 0.103. The highest BCUT2D eigenvalue weighted by atomic mass is 35.5. The van der Waals surface area contributed by atoms with Crippen molar-refractivity contribution in [3.8, 4) is 0 Å². The summed E-state index contributed by atoms with van der Waals surface area (Å²) in [5, 5.41) is 7.52. The Morgan fingerprint density at radius 1 is 1.20 bits per heavy atom. The summed E-state index contributed by atoms with van der Waals surface area (Å²) in [6.45, 7) is 1.53. The first-order valence-electron chi connectivity index (χ1n) is 9.57. The highest BCUT2D eigenvalue weighted by Crippen LogP contribution is 2.36. The normalized spacial score (nSPS) is 16.2. The summed E-state index contributed by atoms with van der Waals surface area (Å²) in [6.07, 6.45) is -1.01. The van der Waals surface area contributed by atoms with Crippen LogP contribution in [0, 0.1) is 6.92 Å². The number of nitrogens with zero attached hydrogens (tertiary/aromatic N) is 1. The predicted molar refractivity (Wildman–Crippen MR) is 124 cm³/mol. The molecule has 35 heavy (non-hydrogen) atoms. The van der Waals surface area contributed by atoms with Gasteiger partial charge in [0, 0.05) is 7.11 Å². The average molecular weight is 546 g/mol. The summed E-state index contributed by atoms with van der Waals surface area (Å²) in [5.74, 6) is 0.579. The van der Waals surface area contributed by atoms with Crippen LogP contribution in [0.25, 0.3) is 0 Å². The Morgan fingerprint density at radius 3 is 2.40 bits per heavy atom. The van der Waals surface area contributed by atoms with Crippen LogP contribution in [0.2, 0.25) is 5.02 Å². The number of aromatic nitrogens is 1. The fourth-order valence-corrected chi connectivity index (χ4v) is 5.72. The molecular formula is C20H20ClN3O9S2. The monoisotopic (exact) mass is 545 g/mol. The van der Waals surface area contributed by atoms with Crippen molar-refractivity contribution in [3.63, 3.8) is 0 Å². The van der Waals surface area contributed by atoms with E-state index < -0.39 is 22.0 Å². The lowest BCUT2D eigenvalue weighted by Crippen LogP contribution is -2.35. The van der Waals surface area contributed by atoms with Crippen LogP contribution in [-0.4, -0.2) is 60.0 Å². The maximum atomic E-state index is 13.2. The second-order valence-corrected chi connectivity index (χ2v) is 9.67. The summed E-state index contributed by atoms with van der Waals surface area (Å²) in [4.78, 5) is 24.4. The van der Waals surface area contributed by atoms with Crippen LogP contribution >= 0.6 is 22.9 Å². The Morgan fingerprint density at radius 2 is 1.89 bits per heavy atom. The lowest BCUT2D eigenvalue weighted by Gasteiger charge is -2.29. The van der Waals surface area contributed by atoms with E-state index in [1.165, 1.54) is 46.8 Å². The van der Waals surface area contributed by atoms with E-state index in [9.17, 15) is 18.0 Å². The minimum atomic E-state index is -4.30. The zero-order valence-corrected chi connectivity index (χ0v) is 21.4. The van der Waals surface area contributed by atoms with E-state index >= 15 is 0 Å². The Labute approximate surface area is 209 Å². The molecule has 0 aromatic carbocycles. The van der Waals surface area contributed by atoms with Gasteiger partial charge in [-0.25, -0.2) is 17.9 Å². The van der Waals surface area contributed by atoms with E-state index in [0.717, 1.165) is 11.3 Å². The van der Waals surface area contributed by atoms with Gasteiger partial charge in [0.25, 0.3) is 21.8 Å². The minimum absolute atomic E-state index is 0.00607. The molecular weight excluding hydrogens is 526 g/mol. The number of hydrogen-bond donors (Lipinski definition) is 2. The number of halogens is 1. The summed E-state index contributed by atoms with van der Waals surface area (Å²) >= 11 is 6.85. The van der Waals surface area contributed by atoms with Gasteiger partial charge in [0.05, 0.1) is 21.3 Å². The third-order valence-electron chi connectivity index (χ3n) is 4.78. The first kappa shape index (κ1) is 26.3. The zero-order valence-electron chi connectivity index (χ0n) is 19.0. The van der Waals surface area contributed by atoms with Crippen LogP contribution in [0.4, 0.5) is 5.88 Å². The van der Waals surface area contributed by atoms with Crippen LogP contribution in [-0.2, 0) is 33.8 Å². The molecule has 188 valence electrons. The van der Waals surface area contributed by atoms with Crippen LogP contribution in [0.15, 0.2) is 49.4 Å². The quantitative estimate of drug-likeness (QED) is 0.448. The fraction of sp³-hybridized carbons (Fsp3) is 0.300. The van der Waals surface area contributed by atoms with Gasteiger partial charge in [0.15, 0.2) is 23.4 Å². The van der Waals surface area contributed by atoms with Gasteiger partial charge in [-0.2, -0.15) is 0 Å². The fourth-order valence-electron chi connectivity index (χ4n) is 3.23. The molecule has 2 aromatic rings. The smallest absolute Gasteiger partial charge is 0.267 e. The molecule has 0 saturated heterocycles. The van der Waals surface area contributed by atoms with Gasteiger partial charge in [0.1, 0.15) is 37.7 Å². The van der Waals surface area contributed by atoms with Gasteiger partial charge < -0.3 is 28.8 Å². The van der Waals surface area contributed by atoms with Crippen LogP contribution < -0.4 is 10.0 Å². The number of thiophene rings is 1. The minimum Gasteiger partial charge on any atom is -0.494 e. The highest BCUT2D eigenvalue weighted by molar-refractivity contribution is 7.93. The highest BCUT2D eigenvalue weighted by Gasteiger charge is 2.39. The first-order chi connectivity index (χ1) is 16.6. The van der Waals surface area contributed by atoms with Crippen LogP contribution in [0.3, 0.4) is 0 Å². The molecule has 0 fully saturated rings. The second kappa shape index (κ2) is 10.5. The number of anilines is 1. The molecule has 12 nitrogen and oxygen atoms in total. The van der Waals surface area contributed by atoms with Crippen molar-refractivity contribution in [1.82, 2.24) is 10.5 Å². The molecule has 1 aliphatic rings. The van der Waals surface area contributed by atoms with Crippen molar-refractivity contribution in [3.05, 3.63) is 55.6 Å². The zero-order chi connectivity index (χ0) is 25.9. The number of amides is 1. The number of ether oxygens (including phenoxy) is 4. The molecule has 2 N–H and O–H groups in total. The number of carbonyl (C=O) groups is 1. The lowest BCUT2D eigenvalue weighted by atomic mass is 9.98. The van der Waals surface area contributed by atoms with Gasteiger partial charge in [-0.05, 0) is 18.4 Å². The van der Waals surface area contributed by atoms with Crippen LogP contribution in [0.5, 0.6) is 0 Å². The van der Waals surface area contributed by atoms with Crippen molar-refractivity contribution in [2.45, 2.75) is 17.9 Å². The third kappa shape index (κ3) is 4.79. The number of rotatable bonds is 9. The number of methoxy groups -OCH3 is 4. The molecule has 3 rings (SSSR count). The SMILES string of the molecule is COC1=C(NC(=O)c2sccc2S(=O)(=O)Nc2onc(C)c2Cl)C(OC)=C(OC)C(OC)C1=C=O. The molecule has 0 spiro atoms. The molecule has 1 aliphatic carbocycles. The number of hydrogen-bond acceptors (Lipinski definition) is 11. The van der Waals surface area contributed by atoms with E-state index in [-0.39, 0.29) is 54.9 Å². The molecule has 1 amide bonds. The van der Waals surface area contributed by atoms with E-state index in [0.29, 0.717) is 0 Å². The molecule has 2 aromatic heterocycles. The van der Waals surface area contributed by atoms with Crippen molar-refractivity contribution in [2.24, 2.45) is 0 Å². The molecule has 0 saturated carbocycles. The van der Waals surface area contributed by atoms with Gasteiger partial charge in [0.2, 0.25) is 0 Å². The van der Waals surface area contributed by atoms with Crippen molar-refractivity contribution in [2.75, 3.05) is 33.2 Å². The molecule has 15 heteroatoms. The van der Waals surface area contributed by atoms with E-state index in [2.05, 4.69) is 15.2 Å². The van der Waals surface area contributed by atoms with Crippen molar-refractivity contribution in [1.29, 1.82) is 0 Å². The Balaban J connectivity index is 2.03. The molecule has 0 radical (unpaired) electrons. The molecule has 0 aliphatic heterocycles. The van der Waals surface area contributed by atoms with Crippen LogP contribution in [0.1, 0.15) is 15.4 Å². The second-order valence-electron chi connectivity index (χ2n) is 6.73. The van der Waals surface area contributed by atoms with E-state index in [1.54, 1.807) is 5.94 Å². The molecule has 0 bridgehead atoms. The standard InChI is InChI=1S/C20H20ClN3O9S2/c1-9-12(21)20(33-23-9)24-35(27,28)11-6-7-34-18(11)19(26)22-13-14(29-2)10(8-25)15(30-3)17(32-5)16(13)31-4/h6-7,15,24H,1-5H3,(H,22,26). The number of carbonyl (C=O) groups excluding carboxylic acids is 2. The predicted octanol–water partition coefficient (Wildman–Crippen LogP) is 2.38. The lowest BCUT2D eigenvalue weighted by molar-refractivity contribution is 0.0781. The Kier molecular flexibility index (Phi) is 7.93. The summed E-state index contributed by atoms with van der Waals surface area (Å²) < 4.78 is 54.4. The number of nitrogens with one attached hydrogen (secondary N) is 2.